The van der Waals surface area contributed by atoms with Crippen molar-refractivity contribution >= 4 is 50.7 Å². The summed E-state index contributed by atoms with van der Waals surface area (Å²) in [6.45, 7) is 1.78. The predicted molar refractivity (Wildman–Crippen MR) is 159 cm³/mol. The Balaban J connectivity index is 2.07. The van der Waals surface area contributed by atoms with Crippen LogP contribution in [0, 0.1) is 0 Å². The lowest BCUT2D eigenvalue weighted by molar-refractivity contribution is -0.140. The smallest absolute Gasteiger partial charge is 0.244 e. The molecule has 11 heteroatoms. The molecule has 0 spiro atoms. The van der Waals surface area contributed by atoms with E-state index in [2.05, 4.69) is 5.32 Å². The van der Waals surface area contributed by atoms with E-state index < -0.39 is 28.5 Å². The second-order valence-corrected chi connectivity index (χ2v) is 12.0. The van der Waals surface area contributed by atoms with Crippen LogP contribution < -0.4 is 14.4 Å². The summed E-state index contributed by atoms with van der Waals surface area (Å²) in [5, 5.41) is 3.64. The lowest BCUT2D eigenvalue weighted by Gasteiger charge is -2.33. The molecule has 40 heavy (non-hydrogen) atoms. The minimum absolute atomic E-state index is 0.0401. The lowest BCUT2D eigenvalue weighted by Crippen LogP contribution is -2.53. The Hall–Kier alpha value is -3.27. The Labute approximate surface area is 245 Å². The van der Waals surface area contributed by atoms with Crippen LogP contribution in [0.1, 0.15) is 24.5 Å². The van der Waals surface area contributed by atoms with E-state index in [1.54, 1.807) is 36.4 Å². The van der Waals surface area contributed by atoms with Crippen molar-refractivity contribution in [3.63, 3.8) is 0 Å². The van der Waals surface area contributed by atoms with Crippen molar-refractivity contribution in [2.24, 2.45) is 0 Å². The van der Waals surface area contributed by atoms with E-state index in [9.17, 15) is 18.0 Å². The number of ether oxygens (including phenoxy) is 1. The van der Waals surface area contributed by atoms with Gasteiger partial charge in [0.15, 0.2) is 0 Å². The van der Waals surface area contributed by atoms with E-state index in [4.69, 9.17) is 27.9 Å². The van der Waals surface area contributed by atoms with E-state index in [1.165, 1.54) is 18.1 Å². The quantitative estimate of drug-likeness (QED) is 0.298. The Morgan fingerprint density at radius 1 is 1.00 bits per heavy atom. The topological polar surface area (TPSA) is 96.0 Å². The average molecular weight is 607 g/mol. The molecule has 0 radical (unpaired) electrons. The molecule has 0 unspecified atom stereocenters. The number of anilines is 1. The minimum atomic E-state index is -3.89. The minimum Gasteiger partial charge on any atom is -0.497 e. The Morgan fingerprint density at radius 3 is 2.35 bits per heavy atom. The van der Waals surface area contributed by atoms with Gasteiger partial charge in [0.1, 0.15) is 18.3 Å². The molecule has 0 heterocycles. The lowest BCUT2D eigenvalue weighted by atomic mass is 10.0. The molecule has 0 saturated heterocycles. The number of nitrogens with one attached hydrogen (secondary N) is 1. The monoisotopic (exact) mass is 605 g/mol. The zero-order valence-corrected chi connectivity index (χ0v) is 25.0. The zero-order chi connectivity index (χ0) is 29.3. The molecule has 0 aliphatic rings. The zero-order valence-electron chi connectivity index (χ0n) is 22.6. The first-order valence-corrected chi connectivity index (χ1v) is 15.3. The van der Waals surface area contributed by atoms with Gasteiger partial charge in [-0.3, -0.25) is 13.9 Å². The van der Waals surface area contributed by atoms with Crippen molar-refractivity contribution in [1.29, 1.82) is 0 Å². The van der Waals surface area contributed by atoms with Crippen molar-refractivity contribution in [3.05, 3.63) is 94.0 Å². The number of hydrogen-bond donors (Lipinski definition) is 1. The van der Waals surface area contributed by atoms with Crippen LogP contribution in [0.25, 0.3) is 0 Å². The molecule has 3 aromatic rings. The fourth-order valence-corrected chi connectivity index (χ4v) is 5.44. The normalized spacial score (nSPS) is 11.9. The summed E-state index contributed by atoms with van der Waals surface area (Å²) in [4.78, 5) is 29.0. The number of carbonyl (C=O) groups excluding carboxylic acids is 2. The van der Waals surface area contributed by atoms with Crippen LogP contribution in [0.2, 0.25) is 10.0 Å². The highest BCUT2D eigenvalue weighted by molar-refractivity contribution is 7.92. The second-order valence-electron chi connectivity index (χ2n) is 9.23. The number of benzene rings is 3. The summed E-state index contributed by atoms with van der Waals surface area (Å²) in [6, 6.07) is 19.7. The maximum absolute atomic E-state index is 14.1. The number of halogens is 2. The Bertz CT molecular complexity index is 1420. The van der Waals surface area contributed by atoms with E-state index in [0.29, 0.717) is 34.3 Å². The van der Waals surface area contributed by atoms with Gasteiger partial charge in [0, 0.05) is 35.6 Å². The first kappa shape index (κ1) is 31.3. The summed E-state index contributed by atoms with van der Waals surface area (Å²) in [7, 11) is -2.42. The van der Waals surface area contributed by atoms with Gasteiger partial charge in [-0.05, 0) is 41.8 Å². The number of methoxy groups -OCH3 is 1. The van der Waals surface area contributed by atoms with Crippen LogP contribution in [0.4, 0.5) is 5.69 Å². The number of rotatable bonds is 13. The molecule has 8 nitrogen and oxygen atoms in total. The van der Waals surface area contributed by atoms with Gasteiger partial charge in [0.05, 0.1) is 19.1 Å². The number of carbonyl (C=O) groups is 2. The van der Waals surface area contributed by atoms with Gasteiger partial charge >= 0.3 is 0 Å². The molecular weight excluding hydrogens is 573 g/mol. The molecule has 0 aliphatic heterocycles. The van der Waals surface area contributed by atoms with Gasteiger partial charge < -0.3 is 15.0 Å². The molecule has 3 rings (SSSR count). The van der Waals surface area contributed by atoms with Crippen LogP contribution in [0.15, 0.2) is 72.8 Å². The van der Waals surface area contributed by atoms with E-state index in [0.717, 1.165) is 16.1 Å². The standard InChI is InChI=1S/C29H33Cl2N3O5S/c1-4-15-32-29(36)27(16-21-9-6-5-7-10-21)33(19-22-13-14-23(30)17-26(22)31)28(35)20-34(40(3,37)38)24-11-8-12-25(18-24)39-2/h5-14,17-18,27H,4,15-16,19-20H2,1-3H3,(H,32,36)/t27-/m1/s1. The largest absolute Gasteiger partial charge is 0.497 e. The maximum Gasteiger partial charge on any atom is 0.244 e. The summed E-state index contributed by atoms with van der Waals surface area (Å²) < 4.78 is 32.0. The van der Waals surface area contributed by atoms with Crippen LogP contribution in [0.3, 0.4) is 0 Å². The van der Waals surface area contributed by atoms with Gasteiger partial charge in [0.2, 0.25) is 21.8 Å². The van der Waals surface area contributed by atoms with Crippen LogP contribution in [0.5, 0.6) is 5.75 Å². The first-order chi connectivity index (χ1) is 19.0. The van der Waals surface area contributed by atoms with Crippen LogP contribution >= 0.6 is 23.2 Å². The van der Waals surface area contributed by atoms with Gasteiger partial charge in [-0.15, -0.1) is 0 Å². The Morgan fingerprint density at radius 2 is 1.73 bits per heavy atom. The first-order valence-electron chi connectivity index (χ1n) is 12.7. The third-order valence-corrected chi connectivity index (χ3v) is 7.92. The molecule has 0 fully saturated rings. The van der Waals surface area contributed by atoms with Gasteiger partial charge in [0.25, 0.3) is 0 Å². The second kappa shape index (κ2) is 14.4. The molecule has 1 N–H and O–H groups in total. The fraction of sp³-hybridized carbons (Fsp3) is 0.310. The molecular formula is C29H33Cl2N3O5S. The molecule has 1 atom stereocenters. The number of sulfonamides is 1. The molecule has 0 bridgehead atoms. The van der Waals surface area contributed by atoms with Crippen molar-refractivity contribution in [1.82, 2.24) is 10.2 Å². The maximum atomic E-state index is 14.1. The average Bonchev–Trinajstić information content (AvgIpc) is 2.93. The van der Waals surface area contributed by atoms with E-state index in [1.807, 2.05) is 37.3 Å². The van der Waals surface area contributed by atoms with Crippen molar-refractivity contribution in [2.75, 3.05) is 30.8 Å². The van der Waals surface area contributed by atoms with Gasteiger partial charge in [-0.1, -0.05) is 72.6 Å². The highest BCUT2D eigenvalue weighted by atomic mass is 35.5. The predicted octanol–water partition coefficient (Wildman–Crippen LogP) is 4.93. The van der Waals surface area contributed by atoms with Crippen molar-refractivity contribution in [2.45, 2.75) is 32.4 Å². The van der Waals surface area contributed by atoms with E-state index >= 15 is 0 Å². The molecule has 0 aromatic heterocycles. The van der Waals surface area contributed by atoms with Crippen LogP contribution in [-0.4, -0.2) is 57.6 Å². The molecule has 0 saturated carbocycles. The van der Waals surface area contributed by atoms with Gasteiger partial charge in [-0.2, -0.15) is 0 Å². The summed E-state index contributed by atoms with van der Waals surface area (Å²) >= 11 is 12.6. The Kier molecular flexibility index (Phi) is 11.2. The molecule has 214 valence electrons. The number of amides is 2. The van der Waals surface area contributed by atoms with Crippen molar-refractivity contribution < 1.29 is 22.7 Å². The van der Waals surface area contributed by atoms with Gasteiger partial charge in [-0.25, -0.2) is 8.42 Å². The SMILES string of the molecule is CCCNC(=O)[C@@H](Cc1ccccc1)N(Cc1ccc(Cl)cc1Cl)C(=O)CN(c1cccc(OC)c1)S(C)(=O)=O. The molecule has 3 aromatic carbocycles. The summed E-state index contributed by atoms with van der Waals surface area (Å²) in [5.74, 6) is -0.493. The highest BCUT2D eigenvalue weighted by Crippen LogP contribution is 2.26. The number of nitrogens with zero attached hydrogens (tertiary/aromatic N) is 2. The van der Waals surface area contributed by atoms with Crippen LogP contribution in [-0.2, 0) is 32.6 Å². The molecule has 0 aliphatic carbocycles. The summed E-state index contributed by atoms with van der Waals surface area (Å²) in [6.07, 6.45) is 1.94. The fourth-order valence-electron chi connectivity index (χ4n) is 4.13. The summed E-state index contributed by atoms with van der Waals surface area (Å²) in [5.41, 5.74) is 1.66. The van der Waals surface area contributed by atoms with Crippen molar-refractivity contribution in [3.8, 4) is 5.75 Å². The van der Waals surface area contributed by atoms with E-state index in [-0.39, 0.29) is 24.6 Å². The molecule has 2 amide bonds. The number of hydrogen-bond acceptors (Lipinski definition) is 5. The third kappa shape index (κ3) is 8.61. The third-order valence-electron chi connectivity index (χ3n) is 6.20. The highest BCUT2D eigenvalue weighted by Gasteiger charge is 2.33.